The Labute approximate surface area is 111 Å². The van der Waals surface area contributed by atoms with Gasteiger partial charge in [0.15, 0.2) is 5.03 Å². The zero-order valence-corrected chi connectivity index (χ0v) is 11.7. The number of nitrogens with zero attached hydrogens (tertiary/aromatic N) is 3. The minimum Gasteiger partial charge on any atom is -0.480 e. The highest BCUT2D eigenvalue weighted by atomic mass is 32.2. The van der Waals surface area contributed by atoms with E-state index >= 15 is 0 Å². The first-order chi connectivity index (χ1) is 8.80. The van der Waals surface area contributed by atoms with Crippen molar-refractivity contribution in [1.82, 2.24) is 14.1 Å². The maximum atomic E-state index is 12.6. The summed E-state index contributed by atoms with van der Waals surface area (Å²) in [7, 11) is -2.33. The van der Waals surface area contributed by atoms with Gasteiger partial charge in [-0.3, -0.25) is 9.48 Å². The third-order valence-corrected chi connectivity index (χ3v) is 5.71. The van der Waals surface area contributed by atoms with Crippen molar-refractivity contribution in [1.29, 1.82) is 0 Å². The molecular formula is C11H17N3O4S. The molecule has 1 unspecified atom stereocenters. The van der Waals surface area contributed by atoms with Crippen molar-refractivity contribution in [2.24, 2.45) is 7.05 Å². The zero-order chi connectivity index (χ0) is 14.3. The Kier molecular flexibility index (Phi) is 3.40. The van der Waals surface area contributed by atoms with E-state index in [9.17, 15) is 18.3 Å². The Morgan fingerprint density at radius 3 is 2.68 bits per heavy atom. The summed E-state index contributed by atoms with van der Waals surface area (Å²) in [6, 6.07) is 1.38. The van der Waals surface area contributed by atoms with E-state index in [0.29, 0.717) is 19.3 Å². The number of carboxylic acids is 1. The van der Waals surface area contributed by atoms with Gasteiger partial charge >= 0.3 is 5.97 Å². The molecule has 1 aliphatic heterocycles. The fourth-order valence-electron chi connectivity index (χ4n) is 2.42. The van der Waals surface area contributed by atoms with Gasteiger partial charge in [0.05, 0.1) is 6.20 Å². The number of hydrogen-bond acceptors (Lipinski definition) is 4. The molecule has 106 valence electrons. The normalized spacial score (nSPS) is 25.4. The molecule has 0 bridgehead atoms. The quantitative estimate of drug-likeness (QED) is 0.870. The summed E-state index contributed by atoms with van der Waals surface area (Å²) in [5.41, 5.74) is -1.39. The second kappa shape index (κ2) is 4.61. The zero-order valence-electron chi connectivity index (χ0n) is 10.9. The van der Waals surface area contributed by atoms with Gasteiger partial charge in [-0.1, -0.05) is 0 Å². The highest BCUT2D eigenvalue weighted by Gasteiger charge is 2.48. The molecule has 0 aromatic carbocycles. The number of aryl methyl sites for hydroxylation is 1. The summed E-state index contributed by atoms with van der Waals surface area (Å²) < 4.78 is 27.5. The van der Waals surface area contributed by atoms with E-state index in [1.807, 2.05) is 0 Å². The highest BCUT2D eigenvalue weighted by Crippen LogP contribution is 2.33. The molecule has 2 heterocycles. The van der Waals surface area contributed by atoms with Crippen LogP contribution in [0.15, 0.2) is 17.3 Å². The molecule has 1 saturated heterocycles. The molecule has 1 atom stereocenters. The van der Waals surface area contributed by atoms with Crippen molar-refractivity contribution < 1.29 is 18.3 Å². The molecule has 19 heavy (non-hydrogen) atoms. The summed E-state index contributed by atoms with van der Waals surface area (Å²) >= 11 is 0. The lowest BCUT2D eigenvalue weighted by molar-refractivity contribution is -0.149. The summed E-state index contributed by atoms with van der Waals surface area (Å²) in [6.07, 6.45) is 3.08. The summed E-state index contributed by atoms with van der Waals surface area (Å²) in [5, 5.41) is 13.2. The van der Waals surface area contributed by atoms with Crippen LogP contribution in [0.4, 0.5) is 0 Å². The van der Waals surface area contributed by atoms with Crippen LogP contribution in [0.2, 0.25) is 0 Å². The van der Waals surface area contributed by atoms with Gasteiger partial charge in [-0.15, -0.1) is 0 Å². The molecule has 0 saturated carbocycles. The number of sulfonamides is 1. The maximum Gasteiger partial charge on any atom is 0.324 e. The van der Waals surface area contributed by atoms with Crippen LogP contribution in [0.3, 0.4) is 0 Å². The molecule has 0 radical (unpaired) electrons. The Hall–Kier alpha value is -1.41. The molecule has 7 nitrogen and oxygen atoms in total. The minimum atomic E-state index is -3.85. The first-order valence-corrected chi connectivity index (χ1v) is 7.48. The predicted molar refractivity (Wildman–Crippen MR) is 67.0 cm³/mol. The lowest BCUT2D eigenvalue weighted by atomic mass is 9.91. The number of aromatic nitrogens is 2. The summed E-state index contributed by atoms with van der Waals surface area (Å²) in [6.45, 7) is 1.68. The molecule has 8 heteroatoms. The summed E-state index contributed by atoms with van der Waals surface area (Å²) in [4.78, 5) is 11.5. The van der Waals surface area contributed by atoms with Crippen LogP contribution in [0.25, 0.3) is 0 Å². The lowest BCUT2D eigenvalue weighted by Gasteiger charge is -2.40. The van der Waals surface area contributed by atoms with E-state index in [1.165, 1.54) is 30.9 Å². The average Bonchev–Trinajstić information content (AvgIpc) is 2.76. The van der Waals surface area contributed by atoms with Gasteiger partial charge in [0.2, 0.25) is 0 Å². The molecule has 1 fully saturated rings. The third kappa shape index (κ3) is 2.14. The van der Waals surface area contributed by atoms with Crippen molar-refractivity contribution in [3.63, 3.8) is 0 Å². The van der Waals surface area contributed by atoms with Crippen LogP contribution in [-0.2, 0) is 21.9 Å². The number of rotatable bonds is 3. The fraction of sp³-hybridized carbons (Fsp3) is 0.636. The molecule has 1 aliphatic rings. The second-order valence-corrected chi connectivity index (χ2v) is 6.72. The van der Waals surface area contributed by atoms with E-state index in [-0.39, 0.29) is 11.6 Å². The molecule has 1 aromatic rings. The largest absolute Gasteiger partial charge is 0.480 e. The van der Waals surface area contributed by atoms with Crippen LogP contribution in [-0.4, -0.2) is 45.7 Å². The standard InChI is InChI=1S/C11H17N3O4S/c1-11(10(15)16)6-3-4-8-14(11)19(17,18)9-5-7-12-13(9)2/h5,7H,3-4,6,8H2,1-2H3,(H,15,16). The van der Waals surface area contributed by atoms with Gasteiger partial charge in [-0.25, -0.2) is 8.42 Å². The van der Waals surface area contributed by atoms with E-state index in [1.54, 1.807) is 0 Å². The topological polar surface area (TPSA) is 92.5 Å². The molecule has 1 aromatic heterocycles. The first-order valence-electron chi connectivity index (χ1n) is 6.04. The average molecular weight is 287 g/mol. The smallest absolute Gasteiger partial charge is 0.324 e. The number of carboxylic acid groups (broad SMARTS) is 1. The number of aliphatic carboxylic acids is 1. The van der Waals surface area contributed by atoms with E-state index < -0.39 is 21.5 Å². The van der Waals surface area contributed by atoms with Gasteiger partial charge in [-0.2, -0.15) is 9.40 Å². The highest BCUT2D eigenvalue weighted by molar-refractivity contribution is 7.89. The second-order valence-electron chi connectivity index (χ2n) is 4.91. The lowest BCUT2D eigenvalue weighted by Crippen LogP contribution is -2.57. The van der Waals surface area contributed by atoms with Gasteiger partial charge < -0.3 is 5.11 Å². The maximum absolute atomic E-state index is 12.6. The van der Waals surface area contributed by atoms with Crippen LogP contribution in [0.5, 0.6) is 0 Å². The van der Waals surface area contributed by atoms with Crippen LogP contribution >= 0.6 is 0 Å². The number of carbonyl (C=O) groups is 1. The van der Waals surface area contributed by atoms with E-state index in [4.69, 9.17) is 0 Å². The minimum absolute atomic E-state index is 0.0156. The molecule has 0 spiro atoms. The molecule has 0 amide bonds. The van der Waals surface area contributed by atoms with Gasteiger partial charge in [0, 0.05) is 13.6 Å². The summed E-state index contributed by atoms with van der Waals surface area (Å²) in [5.74, 6) is -1.11. The van der Waals surface area contributed by atoms with Gasteiger partial charge in [0.1, 0.15) is 5.54 Å². The number of piperidine rings is 1. The monoisotopic (exact) mass is 287 g/mol. The van der Waals surface area contributed by atoms with Gasteiger partial charge in [0.25, 0.3) is 10.0 Å². The predicted octanol–water partition coefficient (Wildman–Crippen LogP) is 0.438. The van der Waals surface area contributed by atoms with Crippen molar-refractivity contribution in [2.45, 2.75) is 36.8 Å². The molecule has 2 rings (SSSR count). The number of hydrogen-bond donors (Lipinski definition) is 1. The fourth-order valence-corrected chi connectivity index (χ4v) is 4.33. The van der Waals surface area contributed by atoms with E-state index in [0.717, 1.165) is 4.31 Å². The molecule has 1 N–H and O–H groups in total. The van der Waals surface area contributed by atoms with Gasteiger partial charge in [-0.05, 0) is 32.3 Å². The van der Waals surface area contributed by atoms with E-state index in [2.05, 4.69) is 5.10 Å². The molecule has 0 aliphatic carbocycles. The Morgan fingerprint density at radius 2 is 2.16 bits per heavy atom. The SMILES string of the molecule is Cn1nccc1S(=O)(=O)N1CCCCC1(C)C(=O)O. The van der Waals surface area contributed by atoms with Crippen molar-refractivity contribution in [3.8, 4) is 0 Å². The Balaban J connectivity index is 2.49. The first kappa shape index (κ1) is 14.0. The molecular weight excluding hydrogens is 270 g/mol. The van der Waals surface area contributed by atoms with Crippen LogP contribution < -0.4 is 0 Å². The Bertz CT molecular complexity index is 595. The van der Waals surface area contributed by atoms with Crippen LogP contribution in [0.1, 0.15) is 26.2 Å². The van der Waals surface area contributed by atoms with Crippen molar-refractivity contribution >= 4 is 16.0 Å². The van der Waals surface area contributed by atoms with Crippen molar-refractivity contribution in [2.75, 3.05) is 6.54 Å². The van der Waals surface area contributed by atoms with Crippen molar-refractivity contribution in [3.05, 3.63) is 12.3 Å². The third-order valence-electron chi connectivity index (χ3n) is 3.62. The Morgan fingerprint density at radius 1 is 1.47 bits per heavy atom. The van der Waals surface area contributed by atoms with Crippen LogP contribution in [0, 0.1) is 0 Å².